The fourth-order valence-electron chi connectivity index (χ4n) is 1.82. The van der Waals surface area contributed by atoms with E-state index in [-0.39, 0.29) is 0 Å². The Morgan fingerprint density at radius 3 is 2.68 bits per heavy atom. The molecular formula is C14H16BrN3O. The van der Waals surface area contributed by atoms with Crippen molar-refractivity contribution < 1.29 is 4.74 Å². The molecule has 1 aromatic carbocycles. The van der Waals surface area contributed by atoms with E-state index in [9.17, 15) is 0 Å². The summed E-state index contributed by atoms with van der Waals surface area (Å²) in [6.45, 7) is 2.48. The maximum Gasteiger partial charge on any atom is 0.214 e. The van der Waals surface area contributed by atoms with Gasteiger partial charge in [0.2, 0.25) is 5.88 Å². The summed E-state index contributed by atoms with van der Waals surface area (Å²) in [6, 6.07) is 11.6. The smallest absolute Gasteiger partial charge is 0.214 e. The Morgan fingerprint density at radius 1 is 1.26 bits per heavy atom. The van der Waals surface area contributed by atoms with Gasteiger partial charge in [0.15, 0.2) is 0 Å². The van der Waals surface area contributed by atoms with Crippen molar-refractivity contribution in [1.29, 1.82) is 0 Å². The maximum atomic E-state index is 5.83. The van der Waals surface area contributed by atoms with Gasteiger partial charge in [-0.05, 0) is 40.5 Å². The minimum atomic E-state index is 0.438. The van der Waals surface area contributed by atoms with E-state index in [1.165, 1.54) is 0 Å². The number of aromatic nitrogens is 1. The van der Waals surface area contributed by atoms with Crippen LogP contribution in [0.15, 0.2) is 41.0 Å². The van der Waals surface area contributed by atoms with Crippen LogP contribution >= 0.6 is 15.9 Å². The summed E-state index contributed by atoms with van der Waals surface area (Å²) in [7, 11) is 1.82. The molecule has 2 rings (SSSR count). The molecule has 19 heavy (non-hydrogen) atoms. The fraction of sp³-hybridized carbons (Fsp3) is 0.214. The highest BCUT2D eigenvalue weighted by molar-refractivity contribution is 9.10. The molecule has 0 aliphatic carbocycles. The molecule has 0 amide bonds. The average Bonchev–Trinajstić information content (AvgIpc) is 2.37. The first-order chi connectivity index (χ1) is 9.08. The number of nitrogens with zero attached hydrogens (tertiary/aromatic N) is 2. The van der Waals surface area contributed by atoms with Gasteiger partial charge in [-0.15, -0.1) is 0 Å². The van der Waals surface area contributed by atoms with Crippen LogP contribution in [-0.2, 0) is 6.61 Å². The molecule has 0 fully saturated rings. The van der Waals surface area contributed by atoms with Gasteiger partial charge in [0.25, 0.3) is 0 Å². The van der Waals surface area contributed by atoms with Crippen LogP contribution in [0.1, 0.15) is 11.1 Å². The third kappa shape index (κ3) is 3.45. The molecule has 0 spiro atoms. The molecule has 2 N–H and O–H groups in total. The third-order valence-corrected chi connectivity index (χ3v) is 3.26. The number of hydrogen-bond acceptors (Lipinski definition) is 4. The van der Waals surface area contributed by atoms with E-state index in [0.29, 0.717) is 12.5 Å². The first-order valence-corrected chi connectivity index (χ1v) is 6.69. The van der Waals surface area contributed by atoms with E-state index >= 15 is 0 Å². The van der Waals surface area contributed by atoms with Crippen LogP contribution in [0.2, 0.25) is 0 Å². The van der Waals surface area contributed by atoms with Crippen LogP contribution in [0.4, 0.5) is 5.69 Å². The number of pyridine rings is 1. The first kappa shape index (κ1) is 13.8. The molecule has 2 aromatic rings. The van der Waals surface area contributed by atoms with Crippen molar-refractivity contribution in [2.45, 2.75) is 13.5 Å². The van der Waals surface area contributed by atoms with Crippen LogP contribution in [0.25, 0.3) is 0 Å². The number of rotatable bonds is 4. The minimum absolute atomic E-state index is 0.438. The second-order valence-corrected chi connectivity index (χ2v) is 5.08. The quantitative estimate of drug-likeness (QED) is 0.534. The van der Waals surface area contributed by atoms with E-state index in [2.05, 4.69) is 20.9 Å². The Morgan fingerprint density at radius 2 is 2.00 bits per heavy atom. The van der Waals surface area contributed by atoms with Crippen molar-refractivity contribution in [3.63, 3.8) is 0 Å². The van der Waals surface area contributed by atoms with Crippen LogP contribution in [0.5, 0.6) is 5.88 Å². The molecule has 0 radical (unpaired) electrons. The van der Waals surface area contributed by atoms with Crippen molar-refractivity contribution in [1.82, 2.24) is 4.98 Å². The van der Waals surface area contributed by atoms with Gasteiger partial charge >= 0.3 is 0 Å². The molecule has 4 nitrogen and oxygen atoms in total. The van der Waals surface area contributed by atoms with Crippen LogP contribution in [0, 0.1) is 6.92 Å². The summed E-state index contributed by atoms with van der Waals surface area (Å²) in [6.07, 6.45) is 0. The normalized spacial score (nSPS) is 10.3. The Labute approximate surface area is 121 Å². The number of ether oxygens (including phenoxy) is 1. The van der Waals surface area contributed by atoms with Gasteiger partial charge in [0.05, 0.1) is 5.69 Å². The average molecular weight is 322 g/mol. The van der Waals surface area contributed by atoms with Gasteiger partial charge in [-0.3, -0.25) is 0 Å². The molecule has 0 bridgehead atoms. The van der Waals surface area contributed by atoms with Gasteiger partial charge < -0.3 is 9.75 Å². The zero-order chi connectivity index (χ0) is 13.8. The molecule has 0 saturated carbocycles. The van der Waals surface area contributed by atoms with Crippen molar-refractivity contribution in [2.24, 2.45) is 5.84 Å². The van der Waals surface area contributed by atoms with Gasteiger partial charge in [0.1, 0.15) is 11.2 Å². The molecule has 0 aliphatic heterocycles. The lowest BCUT2D eigenvalue weighted by Gasteiger charge is -2.19. The fourth-order valence-corrected chi connectivity index (χ4v) is 2.15. The number of halogens is 1. The second kappa shape index (κ2) is 6.04. The Kier molecular flexibility index (Phi) is 4.39. The summed E-state index contributed by atoms with van der Waals surface area (Å²) in [4.78, 5) is 4.24. The van der Waals surface area contributed by atoms with Crippen LogP contribution in [0.3, 0.4) is 0 Å². The van der Waals surface area contributed by atoms with Crippen LogP contribution < -0.4 is 15.6 Å². The summed E-state index contributed by atoms with van der Waals surface area (Å²) in [5.74, 6) is 6.42. The summed E-state index contributed by atoms with van der Waals surface area (Å²) < 4.78 is 6.48. The zero-order valence-electron chi connectivity index (χ0n) is 10.9. The molecule has 0 aliphatic rings. The number of benzene rings is 1. The standard InChI is InChI=1S/C14H16BrN3O/c1-10-5-3-6-12(18(2)16)11(10)9-19-14-8-4-7-13(15)17-14/h3-8H,9,16H2,1-2H3. The topological polar surface area (TPSA) is 51.4 Å². The third-order valence-electron chi connectivity index (χ3n) is 2.82. The van der Waals surface area contributed by atoms with Gasteiger partial charge in [0, 0.05) is 18.7 Å². The maximum absolute atomic E-state index is 5.83. The highest BCUT2D eigenvalue weighted by Crippen LogP contribution is 2.23. The molecular weight excluding hydrogens is 306 g/mol. The minimum Gasteiger partial charge on any atom is -0.473 e. The molecule has 100 valence electrons. The highest BCUT2D eigenvalue weighted by Gasteiger charge is 2.09. The summed E-state index contributed by atoms with van der Waals surface area (Å²) in [5, 5.41) is 1.60. The van der Waals surface area contributed by atoms with Crippen molar-refractivity contribution in [3.05, 3.63) is 52.1 Å². The summed E-state index contributed by atoms with van der Waals surface area (Å²) >= 11 is 3.32. The zero-order valence-corrected chi connectivity index (χ0v) is 12.5. The largest absolute Gasteiger partial charge is 0.473 e. The lowest BCUT2D eigenvalue weighted by atomic mass is 10.1. The highest BCUT2D eigenvalue weighted by atomic mass is 79.9. The SMILES string of the molecule is Cc1cccc(N(C)N)c1COc1cccc(Br)n1. The molecule has 1 aromatic heterocycles. The lowest BCUT2D eigenvalue weighted by molar-refractivity contribution is 0.293. The molecule has 0 unspecified atom stereocenters. The van der Waals surface area contributed by atoms with Gasteiger partial charge in [-0.1, -0.05) is 18.2 Å². The van der Waals surface area contributed by atoms with E-state index < -0.39 is 0 Å². The molecule has 0 saturated heterocycles. The van der Waals surface area contributed by atoms with Crippen LogP contribution in [-0.4, -0.2) is 12.0 Å². The van der Waals surface area contributed by atoms with Crippen molar-refractivity contribution >= 4 is 21.6 Å². The molecule has 0 atom stereocenters. The Bertz CT molecular complexity index is 572. The summed E-state index contributed by atoms with van der Waals surface area (Å²) in [5.41, 5.74) is 3.16. The van der Waals surface area contributed by atoms with Crippen molar-refractivity contribution in [2.75, 3.05) is 12.1 Å². The Balaban J connectivity index is 2.19. The van der Waals surface area contributed by atoms with Crippen molar-refractivity contribution in [3.8, 4) is 5.88 Å². The Hall–Kier alpha value is -1.59. The number of aryl methyl sites for hydroxylation is 1. The van der Waals surface area contributed by atoms with E-state index in [0.717, 1.165) is 21.4 Å². The van der Waals surface area contributed by atoms with E-state index in [4.69, 9.17) is 10.6 Å². The van der Waals surface area contributed by atoms with Gasteiger partial charge in [-0.2, -0.15) is 0 Å². The number of hydrogen-bond donors (Lipinski definition) is 1. The van der Waals surface area contributed by atoms with Gasteiger partial charge in [-0.25, -0.2) is 10.8 Å². The van der Waals surface area contributed by atoms with E-state index in [1.54, 1.807) is 5.01 Å². The number of anilines is 1. The van der Waals surface area contributed by atoms with E-state index in [1.807, 2.05) is 50.4 Å². The lowest BCUT2D eigenvalue weighted by Crippen LogP contribution is -2.26. The molecule has 1 heterocycles. The number of hydrazine groups is 1. The predicted octanol–water partition coefficient (Wildman–Crippen LogP) is 3.04. The second-order valence-electron chi connectivity index (χ2n) is 4.27. The first-order valence-electron chi connectivity index (χ1n) is 5.90. The monoisotopic (exact) mass is 321 g/mol. The predicted molar refractivity (Wildman–Crippen MR) is 80.0 cm³/mol. The molecule has 5 heteroatoms. The number of nitrogens with two attached hydrogens (primary N) is 1.